The highest BCUT2D eigenvalue weighted by Crippen LogP contribution is 2.35. The van der Waals surface area contributed by atoms with Gasteiger partial charge in [0.05, 0.1) is 28.9 Å². The average Bonchev–Trinajstić information content (AvgIpc) is 3.86. The Hall–Kier alpha value is -4.74. The van der Waals surface area contributed by atoms with Gasteiger partial charge in [-0.05, 0) is 48.1 Å². The molecule has 1 aliphatic heterocycles. The van der Waals surface area contributed by atoms with Gasteiger partial charge < -0.3 is 14.6 Å². The summed E-state index contributed by atoms with van der Waals surface area (Å²) in [6.07, 6.45) is 1.40. The van der Waals surface area contributed by atoms with E-state index < -0.39 is 0 Å². The van der Waals surface area contributed by atoms with Crippen molar-refractivity contribution in [2.75, 3.05) is 12.4 Å². The molecule has 0 bridgehead atoms. The first kappa shape index (κ1) is 31.3. The van der Waals surface area contributed by atoms with Gasteiger partial charge in [0.15, 0.2) is 17.6 Å². The first-order valence-corrected chi connectivity index (χ1v) is 16.9. The second kappa shape index (κ2) is 15.0. The Morgan fingerprint density at radius 1 is 0.957 bits per heavy atom. The van der Waals surface area contributed by atoms with Crippen molar-refractivity contribution in [3.05, 3.63) is 130 Å². The van der Waals surface area contributed by atoms with Crippen LogP contribution in [0, 0.1) is 6.92 Å². The molecule has 3 aromatic carbocycles. The lowest BCUT2D eigenvalue weighted by molar-refractivity contribution is -0.130. The highest BCUT2D eigenvalue weighted by atomic mass is 32.2. The molecule has 234 valence electrons. The number of carbonyl (C=O) groups is 2. The van der Waals surface area contributed by atoms with E-state index in [1.165, 1.54) is 22.9 Å². The summed E-state index contributed by atoms with van der Waals surface area (Å²) in [7, 11) is 0. The van der Waals surface area contributed by atoms with E-state index in [-0.39, 0.29) is 36.8 Å². The van der Waals surface area contributed by atoms with Crippen LogP contribution in [0.15, 0.2) is 113 Å². The molecule has 46 heavy (non-hydrogen) atoms. The first-order chi connectivity index (χ1) is 22.5. The Morgan fingerprint density at radius 3 is 2.46 bits per heavy atom. The van der Waals surface area contributed by atoms with Gasteiger partial charge in [-0.25, -0.2) is 5.01 Å². The number of aromatic nitrogens is 3. The third kappa shape index (κ3) is 7.91. The maximum atomic E-state index is 13.8. The number of hydrogen-bond acceptors (Lipinski definition) is 8. The summed E-state index contributed by atoms with van der Waals surface area (Å²) in [5.41, 5.74) is 4.31. The fourth-order valence-electron chi connectivity index (χ4n) is 5.13. The van der Waals surface area contributed by atoms with Crippen LogP contribution in [-0.2, 0) is 29.1 Å². The number of nitrogens with one attached hydrogen (secondary N) is 1. The van der Waals surface area contributed by atoms with Crippen molar-refractivity contribution in [3.63, 3.8) is 0 Å². The zero-order valence-corrected chi connectivity index (χ0v) is 27.0. The Balaban J connectivity index is 1.15. The number of carbonyl (C=O) groups excluding carboxylic acids is 2. The fraction of sp³-hybridized carbons (Fsp3) is 0.229. The lowest BCUT2D eigenvalue weighted by Gasteiger charge is -2.22. The maximum absolute atomic E-state index is 13.8. The van der Waals surface area contributed by atoms with E-state index in [9.17, 15) is 9.59 Å². The van der Waals surface area contributed by atoms with E-state index in [1.54, 1.807) is 28.5 Å². The number of rotatable bonds is 13. The molecule has 0 saturated carbocycles. The summed E-state index contributed by atoms with van der Waals surface area (Å²) in [5, 5.41) is 20.8. The molecule has 1 unspecified atom stereocenters. The molecule has 2 aromatic heterocycles. The van der Waals surface area contributed by atoms with E-state index in [0.717, 1.165) is 22.6 Å². The van der Waals surface area contributed by atoms with Crippen LogP contribution in [0.3, 0.4) is 0 Å². The molecule has 0 spiro atoms. The minimum absolute atomic E-state index is 0.104. The largest absolute Gasteiger partial charge is 0.484 e. The lowest BCUT2D eigenvalue weighted by Crippen LogP contribution is -2.30. The second-order valence-electron chi connectivity index (χ2n) is 10.8. The number of aryl methyl sites for hydroxylation is 2. The SMILES string of the molecule is Cc1ccc(C2CC(c3cccs3)=NN2C(=O)CSc2nnc(CNC(=O)COc3ccccc3)n2CCc2ccccc2)cc1. The van der Waals surface area contributed by atoms with Gasteiger partial charge in [-0.1, -0.05) is 96.2 Å². The number of thiophene rings is 1. The average molecular weight is 651 g/mol. The minimum atomic E-state index is -0.263. The van der Waals surface area contributed by atoms with Crippen molar-refractivity contribution in [1.29, 1.82) is 0 Å². The molecule has 5 aromatic rings. The molecule has 1 N–H and O–H groups in total. The quantitative estimate of drug-likeness (QED) is 0.156. The van der Waals surface area contributed by atoms with Crippen LogP contribution in [-0.4, -0.2) is 49.7 Å². The standard InChI is InChI=1S/C35H34N6O3S2/c1-25-14-16-27(17-15-25)30-21-29(31-13-8-20-45-31)39-41(30)34(43)24-46-35-38-37-32(40(35)19-18-26-9-4-2-5-10-26)22-36-33(42)23-44-28-11-6-3-7-12-28/h2-17,20,30H,18-19,21-24H2,1H3,(H,36,42). The van der Waals surface area contributed by atoms with Crippen molar-refractivity contribution in [1.82, 2.24) is 25.1 Å². The van der Waals surface area contributed by atoms with Crippen LogP contribution < -0.4 is 10.1 Å². The molecule has 11 heteroatoms. The van der Waals surface area contributed by atoms with Gasteiger partial charge in [0.25, 0.3) is 11.8 Å². The Bertz CT molecular complexity index is 1770. The van der Waals surface area contributed by atoms with Gasteiger partial charge in [0.2, 0.25) is 0 Å². The molecular weight excluding hydrogens is 617 g/mol. The van der Waals surface area contributed by atoms with Crippen LogP contribution in [0.5, 0.6) is 5.75 Å². The van der Waals surface area contributed by atoms with Gasteiger partial charge in [-0.15, -0.1) is 21.5 Å². The van der Waals surface area contributed by atoms with Crippen LogP contribution >= 0.6 is 23.1 Å². The number of para-hydroxylation sites is 1. The molecule has 1 aliphatic rings. The predicted octanol–water partition coefficient (Wildman–Crippen LogP) is 6.06. The monoisotopic (exact) mass is 650 g/mol. The third-order valence-corrected chi connectivity index (χ3v) is 9.45. The number of hydrogen-bond donors (Lipinski definition) is 1. The summed E-state index contributed by atoms with van der Waals surface area (Å²) in [6.45, 7) is 2.72. The van der Waals surface area contributed by atoms with E-state index in [0.29, 0.717) is 29.7 Å². The number of ether oxygens (including phenoxy) is 1. The second-order valence-corrected chi connectivity index (χ2v) is 12.7. The Kier molecular flexibility index (Phi) is 10.2. The summed E-state index contributed by atoms with van der Waals surface area (Å²) in [4.78, 5) is 27.4. The normalized spacial score (nSPS) is 14.2. The molecule has 0 aliphatic carbocycles. The Labute approximate surface area is 276 Å². The number of thioether (sulfide) groups is 1. The summed E-state index contributed by atoms with van der Waals surface area (Å²) >= 11 is 2.96. The number of hydrazone groups is 1. The van der Waals surface area contributed by atoms with Crippen LogP contribution in [0.4, 0.5) is 0 Å². The van der Waals surface area contributed by atoms with E-state index >= 15 is 0 Å². The molecule has 9 nitrogen and oxygen atoms in total. The van der Waals surface area contributed by atoms with Crippen molar-refractivity contribution < 1.29 is 14.3 Å². The lowest BCUT2D eigenvalue weighted by atomic mass is 10.00. The molecule has 2 amide bonds. The topological polar surface area (TPSA) is 102 Å². The zero-order chi connectivity index (χ0) is 31.7. The molecule has 0 fully saturated rings. The molecule has 1 atom stereocenters. The summed E-state index contributed by atoms with van der Waals surface area (Å²) in [5.74, 6) is 1.01. The van der Waals surface area contributed by atoms with E-state index in [2.05, 4.69) is 58.8 Å². The van der Waals surface area contributed by atoms with Gasteiger partial charge in [-0.2, -0.15) is 5.10 Å². The molecule has 3 heterocycles. The van der Waals surface area contributed by atoms with Crippen molar-refractivity contribution in [2.24, 2.45) is 5.10 Å². The number of amides is 2. The highest BCUT2D eigenvalue weighted by Gasteiger charge is 2.33. The van der Waals surface area contributed by atoms with Gasteiger partial charge >= 0.3 is 0 Å². The molecule has 0 saturated heterocycles. The predicted molar refractivity (Wildman–Crippen MR) is 181 cm³/mol. The van der Waals surface area contributed by atoms with E-state index in [4.69, 9.17) is 9.84 Å². The zero-order valence-electron chi connectivity index (χ0n) is 25.4. The summed E-state index contributed by atoms with van der Waals surface area (Å²) in [6, 6.07) is 31.5. The van der Waals surface area contributed by atoms with E-state index in [1.807, 2.05) is 58.5 Å². The molecular formula is C35H34N6O3S2. The van der Waals surface area contributed by atoms with Crippen LogP contribution in [0.1, 0.15) is 39.9 Å². The van der Waals surface area contributed by atoms with Crippen LogP contribution in [0.25, 0.3) is 0 Å². The first-order valence-electron chi connectivity index (χ1n) is 15.1. The van der Waals surface area contributed by atoms with Gasteiger partial charge in [0, 0.05) is 13.0 Å². The maximum Gasteiger partial charge on any atom is 0.258 e. The smallest absolute Gasteiger partial charge is 0.258 e. The van der Waals surface area contributed by atoms with Crippen LogP contribution in [0.2, 0.25) is 0 Å². The number of nitrogens with zero attached hydrogens (tertiary/aromatic N) is 5. The molecule has 0 radical (unpaired) electrons. The highest BCUT2D eigenvalue weighted by molar-refractivity contribution is 7.99. The van der Waals surface area contributed by atoms with Crippen molar-refractivity contribution >= 4 is 40.6 Å². The molecule has 6 rings (SSSR count). The minimum Gasteiger partial charge on any atom is -0.484 e. The Morgan fingerprint density at radius 2 is 1.72 bits per heavy atom. The third-order valence-electron chi connectivity index (χ3n) is 7.58. The fourth-order valence-corrected chi connectivity index (χ4v) is 6.69. The van der Waals surface area contributed by atoms with Crippen molar-refractivity contribution in [2.45, 2.75) is 44.1 Å². The number of benzene rings is 3. The van der Waals surface area contributed by atoms with Crippen molar-refractivity contribution in [3.8, 4) is 5.75 Å². The summed E-state index contributed by atoms with van der Waals surface area (Å²) < 4.78 is 7.55. The van der Waals surface area contributed by atoms with Gasteiger partial charge in [-0.3, -0.25) is 9.59 Å². The van der Waals surface area contributed by atoms with Gasteiger partial charge in [0.1, 0.15) is 5.75 Å².